The van der Waals surface area contributed by atoms with Crippen LogP contribution in [0, 0.1) is 0 Å². The Labute approximate surface area is 179 Å². The second-order valence-electron chi connectivity index (χ2n) is 8.67. The van der Waals surface area contributed by atoms with Gasteiger partial charge in [-0.3, -0.25) is 9.89 Å². The minimum atomic E-state index is 0.151. The number of nitrogens with zero attached hydrogens (tertiary/aromatic N) is 5. The first-order valence-corrected chi connectivity index (χ1v) is 11.5. The van der Waals surface area contributed by atoms with E-state index in [4.69, 9.17) is 14.5 Å². The third-order valence-corrected chi connectivity index (χ3v) is 6.59. The molecule has 2 fully saturated rings. The molecule has 30 heavy (non-hydrogen) atoms. The van der Waals surface area contributed by atoms with Crippen molar-refractivity contribution in [2.45, 2.75) is 70.2 Å². The van der Waals surface area contributed by atoms with Gasteiger partial charge in [-0.25, -0.2) is 9.67 Å². The van der Waals surface area contributed by atoms with Gasteiger partial charge in [0.25, 0.3) is 0 Å². The van der Waals surface area contributed by atoms with Crippen LogP contribution in [0.15, 0.2) is 4.99 Å². The molecule has 1 aromatic heterocycles. The molecule has 2 saturated heterocycles. The smallest absolute Gasteiger partial charge is 0.191 e. The summed E-state index contributed by atoms with van der Waals surface area (Å²) in [6, 6.07) is 0.296. The van der Waals surface area contributed by atoms with Crippen LogP contribution in [0.3, 0.4) is 0 Å². The summed E-state index contributed by atoms with van der Waals surface area (Å²) in [7, 11) is 1.68. The van der Waals surface area contributed by atoms with Crippen LogP contribution in [0.5, 0.6) is 0 Å². The monoisotopic (exact) mass is 419 g/mol. The number of aliphatic imine (C=N–C) groups is 1. The molecule has 0 bridgehead atoms. The third-order valence-electron chi connectivity index (χ3n) is 6.59. The minimum absolute atomic E-state index is 0.151. The number of rotatable bonds is 7. The zero-order valence-corrected chi connectivity index (χ0v) is 18.5. The predicted octanol–water partition coefficient (Wildman–Crippen LogP) is 0.939. The lowest BCUT2D eigenvalue weighted by Crippen LogP contribution is -2.54. The van der Waals surface area contributed by atoms with Crippen molar-refractivity contribution < 1.29 is 9.47 Å². The van der Waals surface area contributed by atoms with Gasteiger partial charge in [0.1, 0.15) is 12.4 Å². The summed E-state index contributed by atoms with van der Waals surface area (Å²) in [5.41, 5.74) is 0.151. The van der Waals surface area contributed by atoms with Gasteiger partial charge in [-0.1, -0.05) is 0 Å². The van der Waals surface area contributed by atoms with E-state index in [1.54, 1.807) is 7.11 Å². The Bertz CT molecular complexity index is 708. The van der Waals surface area contributed by atoms with Crippen molar-refractivity contribution in [1.29, 1.82) is 0 Å². The van der Waals surface area contributed by atoms with Crippen LogP contribution in [0.2, 0.25) is 0 Å². The van der Waals surface area contributed by atoms with E-state index in [-0.39, 0.29) is 5.54 Å². The standard InChI is InChI=1S/C21H37N7O2/c1-3-22-20(23-16-21(8-12-30-13-9-21)27-10-4-5-11-27)24-17-6-7-19-25-18(15-29-2)26-28(19)14-17/h17H,3-16H2,1-2H3,(H2,22,23,24). The first-order valence-electron chi connectivity index (χ1n) is 11.5. The number of ether oxygens (including phenoxy) is 2. The Morgan fingerprint density at radius 2 is 2.10 bits per heavy atom. The fourth-order valence-electron chi connectivity index (χ4n) is 4.93. The Morgan fingerprint density at radius 1 is 1.30 bits per heavy atom. The lowest BCUT2D eigenvalue weighted by Gasteiger charge is -2.43. The molecule has 9 nitrogen and oxygen atoms in total. The predicted molar refractivity (Wildman–Crippen MR) is 116 cm³/mol. The van der Waals surface area contributed by atoms with E-state index in [0.717, 1.165) is 76.1 Å². The summed E-state index contributed by atoms with van der Waals surface area (Å²) in [6.45, 7) is 9.15. The van der Waals surface area contributed by atoms with Crippen LogP contribution < -0.4 is 10.6 Å². The molecule has 1 atom stereocenters. The number of fused-ring (bicyclic) bond motifs is 1. The van der Waals surface area contributed by atoms with E-state index >= 15 is 0 Å². The first kappa shape index (κ1) is 21.5. The molecule has 3 aliphatic heterocycles. The number of methoxy groups -OCH3 is 1. The number of aryl methyl sites for hydroxylation is 1. The molecule has 0 spiro atoms. The molecule has 0 aromatic carbocycles. The highest BCUT2D eigenvalue weighted by atomic mass is 16.5. The average Bonchev–Trinajstić information content (AvgIpc) is 3.43. The molecule has 2 N–H and O–H groups in total. The highest BCUT2D eigenvalue weighted by Crippen LogP contribution is 2.31. The van der Waals surface area contributed by atoms with Gasteiger partial charge < -0.3 is 20.1 Å². The van der Waals surface area contributed by atoms with Crippen molar-refractivity contribution >= 4 is 5.96 Å². The maximum Gasteiger partial charge on any atom is 0.191 e. The van der Waals surface area contributed by atoms with Crippen LogP contribution in [0.25, 0.3) is 0 Å². The number of guanidine groups is 1. The Morgan fingerprint density at radius 3 is 2.83 bits per heavy atom. The first-order chi connectivity index (χ1) is 14.7. The van der Waals surface area contributed by atoms with Gasteiger partial charge >= 0.3 is 0 Å². The number of likely N-dealkylation sites (tertiary alicyclic amines) is 1. The summed E-state index contributed by atoms with van der Waals surface area (Å²) in [5.74, 6) is 2.73. The lowest BCUT2D eigenvalue weighted by molar-refractivity contribution is -0.0139. The van der Waals surface area contributed by atoms with Gasteiger partial charge in [0.2, 0.25) is 0 Å². The van der Waals surface area contributed by atoms with Crippen LogP contribution in [-0.2, 0) is 29.0 Å². The lowest BCUT2D eigenvalue weighted by atomic mass is 9.88. The van der Waals surface area contributed by atoms with Gasteiger partial charge in [0.05, 0.1) is 13.1 Å². The average molecular weight is 420 g/mol. The van der Waals surface area contributed by atoms with Crippen LogP contribution >= 0.6 is 0 Å². The Kier molecular flexibility index (Phi) is 7.22. The van der Waals surface area contributed by atoms with Crippen LogP contribution in [0.1, 0.15) is 50.7 Å². The van der Waals surface area contributed by atoms with Crippen molar-refractivity contribution in [2.24, 2.45) is 4.99 Å². The molecule has 3 aliphatic rings. The number of nitrogens with one attached hydrogen (secondary N) is 2. The largest absolute Gasteiger partial charge is 0.381 e. The van der Waals surface area contributed by atoms with Crippen molar-refractivity contribution in [3.8, 4) is 0 Å². The summed E-state index contributed by atoms with van der Waals surface area (Å²) in [4.78, 5) is 12.3. The van der Waals surface area contributed by atoms with E-state index < -0.39 is 0 Å². The fraction of sp³-hybridized carbons (Fsp3) is 0.857. The van der Waals surface area contributed by atoms with Crippen LogP contribution in [0.4, 0.5) is 0 Å². The number of aromatic nitrogens is 3. The molecule has 4 heterocycles. The van der Waals surface area contributed by atoms with Gasteiger partial charge in [-0.05, 0) is 52.1 Å². The van der Waals surface area contributed by atoms with Crippen molar-refractivity contribution in [3.63, 3.8) is 0 Å². The SMILES string of the molecule is CCNC(=NCC1(N2CCCC2)CCOCC1)NC1CCc2nc(COC)nn2C1. The molecule has 0 aliphatic carbocycles. The second-order valence-corrected chi connectivity index (χ2v) is 8.67. The third kappa shape index (κ3) is 4.95. The number of hydrogen-bond donors (Lipinski definition) is 2. The molecular weight excluding hydrogens is 382 g/mol. The summed E-state index contributed by atoms with van der Waals surface area (Å²) < 4.78 is 12.9. The van der Waals surface area contributed by atoms with Crippen LogP contribution in [-0.4, -0.2) is 83.7 Å². The quantitative estimate of drug-likeness (QED) is 0.502. The minimum Gasteiger partial charge on any atom is -0.381 e. The summed E-state index contributed by atoms with van der Waals surface area (Å²) in [6.07, 6.45) is 6.70. The molecule has 1 unspecified atom stereocenters. The maximum absolute atomic E-state index is 5.68. The van der Waals surface area contributed by atoms with Crippen molar-refractivity contribution in [3.05, 3.63) is 11.6 Å². The molecule has 9 heteroatoms. The number of hydrogen-bond acceptors (Lipinski definition) is 6. The molecule has 0 amide bonds. The molecule has 1 aromatic rings. The topological polar surface area (TPSA) is 88.8 Å². The van der Waals surface area contributed by atoms with E-state index in [9.17, 15) is 0 Å². The molecule has 0 saturated carbocycles. The molecule has 4 rings (SSSR count). The zero-order valence-electron chi connectivity index (χ0n) is 18.5. The van der Waals surface area contributed by atoms with E-state index in [1.165, 1.54) is 25.9 Å². The van der Waals surface area contributed by atoms with Crippen molar-refractivity contribution in [2.75, 3.05) is 46.5 Å². The summed E-state index contributed by atoms with van der Waals surface area (Å²) in [5, 5.41) is 11.7. The normalized spacial score (nSPS) is 24.6. The Hall–Kier alpha value is -1.71. The van der Waals surface area contributed by atoms with Gasteiger partial charge in [-0.2, -0.15) is 5.10 Å². The fourth-order valence-corrected chi connectivity index (χ4v) is 4.93. The highest BCUT2D eigenvalue weighted by molar-refractivity contribution is 5.80. The highest BCUT2D eigenvalue weighted by Gasteiger charge is 2.39. The molecule has 0 radical (unpaired) electrons. The molecule has 168 valence electrons. The van der Waals surface area contributed by atoms with Crippen molar-refractivity contribution in [1.82, 2.24) is 30.3 Å². The van der Waals surface area contributed by atoms with Gasteiger partial charge in [-0.15, -0.1) is 0 Å². The summed E-state index contributed by atoms with van der Waals surface area (Å²) >= 11 is 0. The zero-order chi connectivity index (χ0) is 20.8. The van der Waals surface area contributed by atoms with E-state index in [0.29, 0.717) is 12.6 Å². The molecular formula is C21H37N7O2. The van der Waals surface area contributed by atoms with Gasteiger partial charge in [0.15, 0.2) is 11.8 Å². The Balaban J connectivity index is 1.41. The van der Waals surface area contributed by atoms with Gasteiger partial charge in [0, 0.05) is 44.9 Å². The second kappa shape index (κ2) is 10.1. The van der Waals surface area contributed by atoms with E-state index in [2.05, 4.69) is 32.5 Å². The van der Waals surface area contributed by atoms with E-state index in [1.807, 2.05) is 4.68 Å². The maximum atomic E-state index is 5.68.